The van der Waals surface area contributed by atoms with Crippen LogP contribution in [-0.2, 0) is 6.54 Å². The third-order valence-electron chi connectivity index (χ3n) is 4.85. The number of rotatable bonds is 9. The Balaban J connectivity index is 2.10. The highest BCUT2D eigenvalue weighted by molar-refractivity contribution is 5.63. The number of anilines is 3. The summed E-state index contributed by atoms with van der Waals surface area (Å²) >= 11 is 0. The molecule has 0 bridgehead atoms. The topological polar surface area (TPSA) is 61.6 Å². The van der Waals surface area contributed by atoms with E-state index in [9.17, 15) is 5.26 Å². The third-order valence-corrected chi connectivity index (χ3v) is 4.85. The Morgan fingerprint density at radius 3 is 2.36 bits per heavy atom. The molecular weight excluding hydrogens is 419 g/mol. The summed E-state index contributed by atoms with van der Waals surface area (Å²) in [7, 11) is 3.83. The van der Waals surface area contributed by atoms with Crippen molar-refractivity contribution in [2.75, 3.05) is 30.5 Å². The Morgan fingerprint density at radius 1 is 1.06 bits per heavy atom. The first kappa shape index (κ1) is 23.9. The van der Waals surface area contributed by atoms with Gasteiger partial charge in [0.15, 0.2) is 11.6 Å². The van der Waals surface area contributed by atoms with Gasteiger partial charge in [0, 0.05) is 31.4 Å². The summed E-state index contributed by atoms with van der Waals surface area (Å²) < 4.78 is 26.9. The molecular formula is C26H29FN4O2. The minimum Gasteiger partial charge on any atom is -0.494 e. The molecule has 2 aromatic carbocycles. The lowest BCUT2D eigenvalue weighted by Crippen LogP contribution is -2.20. The fourth-order valence-corrected chi connectivity index (χ4v) is 3.33. The highest BCUT2D eigenvalue weighted by Crippen LogP contribution is 2.33. The van der Waals surface area contributed by atoms with Gasteiger partial charge in [-0.25, -0.2) is 9.37 Å². The van der Waals surface area contributed by atoms with Crippen molar-refractivity contribution in [2.24, 2.45) is 0 Å². The molecule has 3 aromatic rings. The highest BCUT2D eigenvalue weighted by atomic mass is 19.1. The standard InChI is InChI=1S/C26H29FN4O2/c1-6-32-22-14-20(26(27)23(15-22)33-18(2)3)17-31(21-12-10-19(16-28)11-13-21)25-9-7-8-24(29-25)30(4)5/h7-15,18H,6,17H2,1-5H3. The molecule has 33 heavy (non-hydrogen) atoms. The molecule has 0 unspecified atom stereocenters. The largest absolute Gasteiger partial charge is 0.494 e. The Bertz CT molecular complexity index is 1120. The van der Waals surface area contributed by atoms with E-state index in [1.54, 1.807) is 24.3 Å². The van der Waals surface area contributed by atoms with Crippen molar-refractivity contribution in [3.63, 3.8) is 0 Å². The SMILES string of the molecule is CCOc1cc(CN(c2ccc(C#N)cc2)c2cccc(N(C)C)n2)c(F)c(OC(C)C)c1. The van der Waals surface area contributed by atoms with Gasteiger partial charge in [-0.1, -0.05) is 6.07 Å². The van der Waals surface area contributed by atoms with E-state index in [2.05, 4.69) is 6.07 Å². The number of pyridine rings is 1. The number of nitrogens with zero attached hydrogens (tertiary/aromatic N) is 4. The fraction of sp³-hybridized carbons (Fsp3) is 0.308. The summed E-state index contributed by atoms with van der Waals surface area (Å²) in [4.78, 5) is 8.56. The van der Waals surface area contributed by atoms with E-state index in [4.69, 9.17) is 14.5 Å². The molecule has 0 amide bonds. The first-order valence-electron chi connectivity index (χ1n) is 10.9. The van der Waals surface area contributed by atoms with E-state index in [-0.39, 0.29) is 18.4 Å². The number of halogens is 1. The van der Waals surface area contributed by atoms with Crippen molar-refractivity contribution in [1.29, 1.82) is 5.26 Å². The van der Waals surface area contributed by atoms with Crippen molar-refractivity contribution < 1.29 is 13.9 Å². The molecule has 3 rings (SSSR count). The van der Waals surface area contributed by atoms with Gasteiger partial charge in [-0.15, -0.1) is 0 Å². The molecule has 172 valence electrons. The van der Waals surface area contributed by atoms with E-state index in [0.717, 1.165) is 11.5 Å². The fourth-order valence-electron chi connectivity index (χ4n) is 3.33. The van der Waals surface area contributed by atoms with Crippen LogP contribution in [0.5, 0.6) is 11.5 Å². The number of hydrogen-bond donors (Lipinski definition) is 0. The zero-order valence-electron chi connectivity index (χ0n) is 19.7. The van der Waals surface area contributed by atoms with Gasteiger partial charge in [-0.3, -0.25) is 0 Å². The Kier molecular flexibility index (Phi) is 7.73. The first-order chi connectivity index (χ1) is 15.8. The van der Waals surface area contributed by atoms with E-state index < -0.39 is 5.82 Å². The number of ether oxygens (including phenoxy) is 2. The van der Waals surface area contributed by atoms with Crippen LogP contribution in [0, 0.1) is 17.1 Å². The predicted molar refractivity (Wildman–Crippen MR) is 129 cm³/mol. The smallest absolute Gasteiger partial charge is 0.170 e. The molecule has 6 nitrogen and oxygen atoms in total. The average Bonchev–Trinajstić information content (AvgIpc) is 2.80. The maximum atomic E-state index is 15.5. The number of benzene rings is 2. The third kappa shape index (κ3) is 5.92. The van der Waals surface area contributed by atoms with Crippen LogP contribution in [0.2, 0.25) is 0 Å². The molecule has 0 N–H and O–H groups in total. The van der Waals surface area contributed by atoms with Crippen molar-refractivity contribution in [3.8, 4) is 17.6 Å². The van der Waals surface area contributed by atoms with Crippen molar-refractivity contribution >= 4 is 17.3 Å². The molecule has 0 aliphatic carbocycles. The Labute approximate surface area is 194 Å². The molecule has 0 saturated carbocycles. The molecule has 0 radical (unpaired) electrons. The van der Waals surface area contributed by atoms with Crippen LogP contribution in [-0.4, -0.2) is 31.8 Å². The van der Waals surface area contributed by atoms with Gasteiger partial charge in [-0.05, 0) is 63.2 Å². The van der Waals surface area contributed by atoms with Crippen LogP contribution in [0.4, 0.5) is 21.7 Å². The second-order valence-corrected chi connectivity index (χ2v) is 7.99. The van der Waals surface area contributed by atoms with Crippen LogP contribution < -0.4 is 19.3 Å². The van der Waals surface area contributed by atoms with Crippen LogP contribution >= 0.6 is 0 Å². The first-order valence-corrected chi connectivity index (χ1v) is 10.9. The second kappa shape index (κ2) is 10.7. The van der Waals surface area contributed by atoms with Gasteiger partial charge in [0.1, 0.15) is 17.4 Å². The van der Waals surface area contributed by atoms with Crippen molar-refractivity contribution in [3.05, 3.63) is 71.5 Å². The van der Waals surface area contributed by atoms with Crippen LogP contribution in [0.25, 0.3) is 0 Å². The Morgan fingerprint density at radius 2 is 1.76 bits per heavy atom. The molecule has 0 fully saturated rings. The number of aromatic nitrogens is 1. The summed E-state index contributed by atoms with van der Waals surface area (Å²) in [6, 6.07) is 18.2. The zero-order valence-corrected chi connectivity index (χ0v) is 19.7. The molecule has 0 atom stereocenters. The molecule has 0 aliphatic heterocycles. The normalized spacial score (nSPS) is 10.6. The van der Waals surface area contributed by atoms with E-state index in [0.29, 0.717) is 29.3 Å². The number of nitriles is 1. The summed E-state index contributed by atoms with van der Waals surface area (Å²) in [5.41, 5.74) is 1.74. The van der Waals surface area contributed by atoms with Gasteiger partial charge in [-0.2, -0.15) is 5.26 Å². The van der Waals surface area contributed by atoms with Gasteiger partial charge in [0.2, 0.25) is 0 Å². The highest BCUT2D eigenvalue weighted by Gasteiger charge is 2.20. The molecule has 0 aliphatic rings. The lowest BCUT2D eigenvalue weighted by Gasteiger charge is -2.26. The van der Waals surface area contributed by atoms with Crippen LogP contribution in [0.15, 0.2) is 54.6 Å². The van der Waals surface area contributed by atoms with E-state index in [1.807, 2.05) is 75.0 Å². The van der Waals surface area contributed by atoms with Crippen molar-refractivity contribution in [2.45, 2.75) is 33.4 Å². The number of hydrogen-bond acceptors (Lipinski definition) is 6. The average molecular weight is 449 g/mol. The summed E-state index contributed by atoms with van der Waals surface area (Å²) in [5.74, 6) is 1.69. The molecule has 1 aromatic heterocycles. The molecule has 7 heteroatoms. The van der Waals surface area contributed by atoms with E-state index >= 15 is 4.39 Å². The Hall–Kier alpha value is -3.79. The van der Waals surface area contributed by atoms with Crippen LogP contribution in [0.3, 0.4) is 0 Å². The summed E-state index contributed by atoms with van der Waals surface area (Å²) in [5, 5.41) is 9.18. The minimum absolute atomic E-state index is 0.153. The quantitative estimate of drug-likeness (QED) is 0.420. The predicted octanol–water partition coefficient (Wildman–Crippen LogP) is 5.68. The van der Waals surface area contributed by atoms with Gasteiger partial charge in [0.25, 0.3) is 0 Å². The lowest BCUT2D eigenvalue weighted by molar-refractivity contribution is 0.228. The second-order valence-electron chi connectivity index (χ2n) is 7.99. The van der Waals surface area contributed by atoms with Gasteiger partial charge < -0.3 is 19.3 Å². The minimum atomic E-state index is -0.436. The van der Waals surface area contributed by atoms with E-state index in [1.165, 1.54) is 0 Å². The molecule has 0 saturated heterocycles. The lowest BCUT2D eigenvalue weighted by atomic mass is 10.1. The molecule has 0 spiro atoms. The maximum absolute atomic E-state index is 15.5. The zero-order chi connectivity index (χ0) is 24.0. The molecule has 1 heterocycles. The van der Waals surface area contributed by atoms with Crippen molar-refractivity contribution in [1.82, 2.24) is 4.98 Å². The van der Waals surface area contributed by atoms with Crippen LogP contribution in [0.1, 0.15) is 31.9 Å². The maximum Gasteiger partial charge on any atom is 0.170 e. The monoisotopic (exact) mass is 448 g/mol. The summed E-state index contributed by atoms with van der Waals surface area (Å²) in [6.07, 6.45) is -0.183. The van der Waals surface area contributed by atoms with Gasteiger partial charge >= 0.3 is 0 Å². The van der Waals surface area contributed by atoms with Gasteiger partial charge in [0.05, 0.1) is 30.9 Å². The summed E-state index contributed by atoms with van der Waals surface area (Å²) in [6.45, 7) is 6.24.